The minimum Gasteiger partial charge on any atom is -0.462 e. The van der Waals surface area contributed by atoms with Crippen molar-refractivity contribution in [1.29, 1.82) is 0 Å². The largest absolute Gasteiger partial charge is 0.462 e. The van der Waals surface area contributed by atoms with Gasteiger partial charge in [-0.3, -0.25) is 14.0 Å². The molecule has 0 bridgehead atoms. The molecule has 1 aliphatic rings. The van der Waals surface area contributed by atoms with Gasteiger partial charge in [-0.15, -0.1) is 21.5 Å². The van der Waals surface area contributed by atoms with Gasteiger partial charge in [-0.1, -0.05) is 11.8 Å². The molecule has 10 nitrogen and oxygen atoms in total. The molecule has 3 aromatic rings. The van der Waals surface area contributed by atoms with Crippen LogP contribution in [0.25, 0.3) is 11.5 Å². The second kappa shape index (κ2) is 10.7. The monoisotopic (exact) mass is 504 g/mol. The van der Waals surface area contributed by atoms with Gasteiger partial charge in [-0.25, -0.2) is 4.79 Å². The van der Waals surface area contributed by atoms with Gasteiger partial charge in [0.1, 0.15) is 10.7 Å². The number of nitrogens with zero attached hydrogens (tertiary/aromatic N) is 5. The Balaban J connectivity index is 1.49. The summed E-state index contributed by atoms with van der Waals surface area (Å²) >= 11 is 2.66. The second-order valence-corrected chi connectivity index (χ2v) is 10.1. The lowest BCUT2D eigenvalue weighted by molar-refractivity contribution is -0.113. The first kappa shape index (κ1) is 24.4. The maximum absolute atomic E-state index is 12.8. The highest BCUT2D eigenvalue weighted by molar-refractivity contribution is 7.99. The summed E-state index contributed by atoms with van der Waals surface area (Å²) in [6.07, 6.45) is 3.93. The third-order valence-corrected chi connectivity index (χ3v) is 7.61. The van der Waals surface area contributed by atoms with Gasteiger partial charge in [-0.05, 0) is 45.2 Å². The molecular formula is C22H28N6O4S2. The van der Waals surface area contributed by atoms with Crippen molar-refractivity contribution in [2.45, 2.75) is 51.4 Å². The molecule has 4 heterocycles. The number of anilines is 1. The van der Waals surface area contributed by atoms with Crippen molar-refractivity contribution < 1.29 is 19.1 Å². The van der Waals surface area contributed by atoms with Crippen LogP contribution in [0.4, 0.5) is 5.00 Å². The highest BCUT2D eigenvalue weighted by Gasteiger charge is 2.25. The molecule has 4 rings (SSSR count). The zero-order valence-electron chi connectivity index (χ0n) is 19.7. The summed E-state index contributed by atoms with van der Waals surface area (Å²) in [4.78, 5) is 26.2. The first-order chi connectivity index (χ1) is 16.4. The number of nitrogens with one attached hydrogen (secondary N) is 1. The molecule has 0 saturated carbocycles. The first-order valence-electron chi connectivity index (χ1n) is 11.1. The van der Waals surface area contributed by atoms with Crippen LogP contribution in [-0.4, -0.2) is 61.5 Å². The van der Waals surface area contributed by atoms with Gasteiger partial charge in [0.25, 0.3) is 0 Å². The predicted molar refractivity (Wildman–Crippen MR) is 130 cm³/mol. The second-order valence-electron chi connectivity index (χ2n) is 7.97. The molecule has 0 aliphatic carbocycles. The van der Waals surface area contributed by atoms with Crippen LogP contribution in [0.5, 0.6) is 0 Å². The molecule has 0 aromatic carbocycles. The number of hydrogen-bond acceptors (Lipinski definition) is 9. The topological polar surface area (TPSA) is 113 Å². The summed E-state index contributed by atoms with van der Waals surface area (Å²) in [6, 6.07) is 1.88. The third-order valence-electron chi connectivity index (χ3n) is 5.52. The number of carbonyl (C=O) groups is 2. The molecule has 34 heavy (non-hydrogen) atoms. The van der Waals surface area contributed by atoms with E-state index >= 15 is 0 Å². The molecule has 1 N–H and O–H groups in total. The van der Waals surface area contributed by atoms with Crippen LogP contribution in [0.3, 0.4) is 0 Å². The van der Waals surface area contributed by atoms with Gasteiger partial charge in [0, 0.05) is 24.7 Å². The van der Waals surface area contributed by atoms with E-state index in [1.807, 2.05) is 37.7 Å². The van der Waals surface area contributed by atoms with E-state index in [0.29, 0.717) is 33.8 Å². The number of aryl methyl sites for hydroxylation is 2. The number of hydrogen-bond donors (Lipinski definition) is 1. The molecule has 1 atom stereocenters. The molecule has 182 valence electrons. The van der Waals surface area contributed by atoms with Crippen molar-refractivity contribution in [2.75, 3.05) is 24.3 Å². The van der Waals surface area contributed by atoms with Crippen LogP contribution < -0.4 is 5.32 Å². The van der Waals surface area contributed by atoms with Crippen molar-refractivity contribution in [3.8, 4) is 11.5 Å². The fourth-order valence-corrected chi connectivity index (χ4v) is 5.55. The van der Waals surface area contributed by atoms with Crippen molar-refractivity contribution >= 4 is 40.0 Å². The lowest BCUT2D eigenvalue weighted by atomic mass is 10.1. The minimum atomic E-state index is -0.427. The summed E-state index contributed by atoms with van der Waals surface area (Å²) in [5.41, 5.74) is 1.96. The molecule has 0 spiro atoms. The van der Waals surface area contributed by atoms with Gasteiger partial charge >= 0.3 is 5.97 Å². The van der Waals surface area contributed by atoms with Gasteiger partial charge < -0.3 is 14.8 Å². The summed E-state index contributed by atoms with van der Waals surface area (Å²) in [5, 5.41) is 17.1. The average molecular weight is 505 g/mol. The normalized spacial score (nSPS) is 15.6. The van der Waals surface area contributed by atoms with Crippen molar-refractivity contribution in [1.82, 2.24) is 24.5 Å². The zero-order valence-corrected chi connectivity index (χ0v) is 21.3. The van der Waals surface area contributed by atoms with E-state index < -0.39 is 5.97 Å². The number of esters is 1. The molecule has 3 aromatic heterocycles. The van der Waals surface area contributed by atoms with Gasteiger partial charge in [0.05, 0.1) is 30.6 Å². The Morgan fingerprint density at radius 2 is 2.18 bits per heavy atom. The lowest BCUT2D eigenvalue weighted by Crippen LogP contribution is -2.19. The Kier molecular flexibility index (Phi) is 7.69. The fraction of sp³-hybridized carbons (Fsp3) is 0.500. The van der Waals surface area contributed by atoms with Crippen LogP contribution in [0.15, 0.2) is 17.4 Å². The third kappa shape index (κ3) is 5.34. The Morgan fingerprint density at radius 3 is 2.85 bits per heavy atom. The molecular weight excluding hydrogens is 476 g/mol. The number of aromatic nitrogens is 5. The average Bonchev–Trinajstić information content (AvgIpc) is 3.57. The van der Waals surface area contributed by atoms with Crippen molar-refractivity contribution in [3.05, 3.63) is 28.3 Å². The van der Waals surface area contributed by atoms with Crippen LogP contribution in [0.1, 0.15) is 40.6 Å². The summed E-state index contributed by atoms with van der Waals surface area (Å²) in [6.45, 7) is 7.15. The number of rotatable bonds is 9. The van der Waals surface area contributed by atoms with Crippen LogP contribution in [0.2, 0.25) is 0 Å². The van der Waals surface area contributed by atoms with E-state index in [9.17, 15) is 9.59 Å². The maximum atomic E-state index is 12.8. The highest BCUT2D eigenvalue weighted by Crippen LogP contribution is 2.33. The summed E-state index contributed by atoms with van der Waals surface area (Å²) in [5.74, 6) is 0.101. The number of thiophene rings is 1. The molecule has 0 radical (unpaired) electrons. The van der Waals surface area contributed by atoms with Gasteiger partial charge in [0.2, 0.25) is 5.91 Å². The standard InChI is InChI=1S/C22H28N6O4S2/c1-5-31-21(30)18-13(2)14(3)34-20(18)23-17(29)12-33-22-25-24-19(16-8-9-27(4)26-16)28(22)11-15-7-6-10-32-15/h8-9,15H,5-7,10-12H2,1-4H3,(H,23,29). The predicted octanol–water partition coefficient (Wildman–Crippen LogP) is 3.44. The molecule has 1 amide bonds. The fourth-order valence-electron chi connectivity index (χ4n) is 3.73. The molecule has 1 saturated heterocycles. The minimum absolute atomic E-state index is 0.0795. The quantitative estimate of drug-likeness (QED) is 0.348. The smallest absolute Gasteiger partial charge is 0.341 e. The molecule has 1 unspecified atom stereocenters. The van der Waals surface area contributed by atoms with Crippen molar-refractivity contribution in [3.63, 3.8) is 0 Å². The van der Waals surface area contributed by atoms with Crippen LogP contribution in [-0.2, 0) is 27.9 Å². The first-order valence-corrected chi connectivity index (χ1v) is 12.9. The molecule has 1 fully saturated rings. The van der Waals surface area contributed by atoms with E-state index in [2.05, 4.69) is 20.6 Å². The Bertz CT molecular complexity index is 1180. The zero-order chi connectivity index (χ0) is 24.2. The van der Waals surface area contributed by atoms with Crippen molar-refractivity contribution in [2.24, 2.45) is 7.05 Å². The molecule has 12 heteroatoms. The van der Waals surface area contributed by atoms with E-state index in [0.717, 1.165) is 29.9 Å². The SMILES string of the molecule is CCOC(=O)c1c(NC(=O)CSc2nnc(-c3ccn(C)n3)n2CC2CCCO2)sc(C)c1C. The van der Waals surface area contributed by atoms with E-state index in [1.54, 1.807) is 11.6 Å². The summed E-state index contributed by atoms with van der Waals surface area (Å²) in [7, 11) is 1.85. The lowest BCUT2D eigenvalue weighted by Gasteiger charge is -2.14. The Labute approximate surface area is 206 Å². The van der Waals surface area contributed by atoms with Gasteiger partial charge in [0.15, 0.2) is 11.0 Å². The Hall–Kier alpha value is -2.70. The summed E-state index contributed by atoms with van der Waals surface area (Å²) < 4.78 is 14.7. The maximum Gasteiger partial charge on any atom is 0.341 e. The van der Waals surface area contributed by atoms with Gasteiger partial charge in [-0.2, -0.15) is 5.10 Å². The van der Waals surface area contributed by atoms with E-state index in [1.165, 1.54) is 23.1 Å². The number of carbonyl (C=O) groups excluding carboxylic acids is 2. The Morgan fingerprint density at radius 1 is 1.35 bits per heavy atom. The number of thioether (sulfide) groups is 1. The number of amides is 1. The van der Waals surface area contributed by atoms with Crippen LogP contribution >= 0.6 is 23.1 Å². The molecule has 1 aliphatic heterocycles. The highest BCUT2D eigenvalue weighted by atomic mass is 32.2. The number of ether oxygens (including phenoxy) is 2. The van der Waals surface area contributed by atoms with Crippen LogP contribution in [0, 0.1) is 13.8 Å². The van der Waals surface area contributed by atoms with E-state index in [4.69, 9.17) is 9.47 Å². The van der Waals surface area contributed by atoms with E-state index in [-0.39, 0.29) is 24.4 Å².